The molecule has 3 nitrogen and oxygen atoms in total. The summed E-state index contributed by atoms with van der Waals surface area (Å²) in [5.41, 5.74) is 4.43. The molecule has 0 aliphatic rings. The number of ether oxygens (including phenoxy) is 2. The molecule has 3 rings (SSSR count). The molecule has 0 aliphatic carbocycles. The van der Waals surface area contributed by atoms with Gasteiger partial charge in [-0.2, -0.15) is 0 Å². The zero-order valence-electron chi connectivity index (χ0n) is 16.7. The van der Waals surface area contributed by atoms with Crippen LogP contribution in [0.15, 0.2) is 59.6 Å². The number of aryl methyl sites for hydroxylation is 2. The molecule has 0 radical (unpaired) electrons. The third-order valence-corrected chi connectivity index (χ3v) is 4.65. The molecule has 0 N–H and O–H groups in total. The topological polar surface area (TPSA) is 30.8 Å². The molecule has 0 aromatic heterocycles. The highest BCUT2D eigenvalue weighted by Crippen LogP contribution is 2.37. The molecule has 3 aromatic carbocycles. The molecule has 0 atom stereocenters. The summed E-state index contributed by atoms with van der Waals surface area (Å²) in [7, 11) is 0. The van der Waals surface area contributed by atoms with Crippen molar-refractivity contribution >= 4 is 23.5 Å². The fraction of sp³-hybridized carbons (Fsp3) is 0.208. The minimum absolute atomic E-state index is 0.0580. The maximum atomic E-state index is 13.9. The van der Waals surface area contributed by atoms with Gasteiger partial charge in [-0.3, -0.25) is 4.99 Å². The van der Waals surface area contributed by atoms with Crippen LogP contribution in [0.1, 0.15) is 29.2 Å². The second-order valence-corrected chi connectivity index (χ2v) is 7.10. The monoisotopic (exact) mass is 411 g/mol. The van der Waals surface area contributed by atoms with Gasteiger partial charge in [-0.1, -0.05) is 47.5 Å². The van der Waals surface area contributed by atoms with Gasteiger partial charge in [0.2, 0.25) is 0 Å². The van der Waals surface area contributed by atoms with E-state index in [2.05, 4.69) is 18.0 Å². The van der Waals surface area contributed by atoms with Gasteiger partial charge in [-0.15, -0.1) is 0 Å². The minimum Gasteiger partial charge on any atom is -0.490 e. The van der Waals surface area contributed by atoms with E-state index in [-0.39, 0.29) is 12.4 Å². The Hall–Kier alpha value is -2.85. The maximum absolute atomic E-state index is 13.9. The van der Waals surface area contributed by atoms with E-state index >= 15 is 0 Å². The zero-order chi connectivity index (χ0) is 20.8. The Morgan fingerprint density at radius 2 is 1.83 bits per heavy atom. The van der Waals surface area contributed by atoms with Crippen LogP contribution < -0.4 is 9.47 Å². The smallest absolute Gasteiger partial charge is 0.180 e. The highest BCUT2D eigenvalue weighted by Gasteiger charge is 2.13. The first-order chi connectivity index (χ1) is 14.0. The lowest BCUT2D eigenvalue weighted by molar-refractivity contribution is 0.266. The zero-order valence-corrected chi connectivity index (χ0v) is 17.5. The van der Waals surface area contributed by atoms with Crippen LogP contribution in [0.3, 0.4) is 0 Å². The molecule has 5 heteroatoms. The van der Waals surface area contributed by atoms with Crippen LogP contribution in [0.4, 0.5) is 10.1 Å². The molecule has 0 bridgehead atoms. The van der Waals surface area contributed by atoms with Crippen LogP contribution in [-0.4, -0.2) is 12.8 Å². The third-order valence-electron chi connectivity index (χ3n) is 4.37. The molecule has 0 saturated heterocycles. The molecule has 0 heterocycles. The van der Waals surface area contributed by atoms with Crippen molar-refractivity contribution in [3.63, 3.8) is 0 Å². The van der Waals surface area contributed by atoms with Crippen LogP contribution in [0.2, 0.25) is 5.02 Å². The molecule has 29 heavy (non-hydrogen) atoms. The van der Waals surface area contributed by atoms with Crippen molar-refractivity contribution in [2.24, 2.45) is 4.99 Å². The van der Waals surface area contributed by atoms with Crippen LogP contribution >= 0.6 is 11.6 Å². The lowest BCUT2D eigenvalue weighted by atomic mass is 10.1. The lowest BCUT2D eigenvalue weighted by Crippen LogP contribution is -2.02. The van der Waals surface area contributed by atoms with Gasteiger partial charge in [-0.25, -0.2) is 4.39 Å². The molecule has 0 spiro atoms. The van der Waals surface area contributed by atoms with Gasteiger partial charge in [0, 0.05) is 11.8 Å². The van der Waals surface area contributed by atoms with Crippen LogP contribution in [0, 0.1) is 19.7 Å². The van der Waals surface area contributed by atoms with E-state index in [4.69, 9.17) is 21.1 Å². The van der Waals surface area contributed by atoms with Gasteiger partial charge in [0.05, 0.1) is 17.3 Å². The number of hydrogen-bond donors (Lipinski definition) is 0. The van der Waals surface area contributed by atoms with Gasteiger partial charge in [0.15, 0.2) is 11.5 Å². The van der Waals surface area contributed by atoms with E-state index in [1.165, 1.54) is 11.6 Å². The molecule has 0 saturated carbocycles. The fourth-order valence-electron chi connectivity index (χ4n) is 2.93. The number of benzene rings is 3. The SMILES string of the molecule is CCOc1cc(C=Nc2ccc(C)cc2C)cc(Cl)c1OCc1ccccc1F. The molecule has 0 unspecified atom stereocenters. The Kier molecular flexibility index (Phi) is 6.89. The van der Waals surface area contributed by atoms with E-state index in [9.17, 15) is 4.39 Å². The second-order valence-electron chi connectivity index (χ2n) is 6.69. The number of aliphatic imine (C=N–C) groups is 1. The third kappa shape index (κ3) is 5.36. The average Bonchev–Trinajstić information content (AvgIpc) is 2.68. The standard InChI is InChI=1S/C24H23ClFNO2/c1-4-28-23-13-18(14-27-22-10-9-16(2)11-17(22)3)12-20(25)24(23)29-15-19-7-5-6-8-21(19)26/h5-14H,4,15H2,1-3H3. The number of rotatable bonds is 7. The highest BCUT2D eigenvalue weighted by atomic mass is 35.5. The van der Waals surface area contributed by atoms with E-state index in [0.29, 0.717) is 28.7 Å². The summed E-state index contributed by atoms with van der Waals surface area (Å²) in [5.74, 6) is 0.567. The quantitative estimate of drug-likeness (QED) is 0.399. The Morgan fingerprint density at radius 3 is 2.55 bits per heavy atom. The van der Waals surface area contributed by atoms with Crippen molar-refractivity contribution in [3.8, 4) is 11.5 Å². The molecular formula is C24H23ClFNO2. The Labute approximate surface area is 175 Å². The summed E-state index contributed by atoms with van der Waals surface area (Å²) in [6, 6.07) is 16.2. The van der Waals surface area contributed by atoms with Crippen LogP contribution in [0.5, 0.6) is 11.5 Å². The molecule has 150 valence electrons. The summed E-state index contributed by atoms with van der Waals surface area (Å²) in [4.78, 5) is 4.56. The summed E-state index contributed by atoms with van der Waals surface area (Å²) in [6.07, 6.45) is 1.74. The number of hydrogen-bond acceptors (Lipinski definition) is 3. The fourth-order valence-corrected chi connectivity index (χ4v) is 3.20. The minimum atomic E-state index is -0.321. The van der Waals surface area contributed by atoms with Gasteiger partial charge < -0.3 is 9.47 Å². The van der Waals surface area contributed by atoms with Crippen molar-refractivity contribution in [1.29, 1.82) is 0 Å². The van der Waals surface area contributed by atoms with Gasteiger partial charge in [-0.05, 0) is 56.2 Å². The molecule has 3 aromatic rings. The normalized spacial score (nSPS) is 11.1. The van der Waals surface area contributed by atoms with Crippen LogP contribution in [0.25, 0.3) is 0 Å². The number of halogens is 2. The van der Waals surface area contributed by atoms with Crippen molar-refractivity contribution in [3.05, 3.63) is 87.7 Å². The van der Waals surface area contributed by atoms with Gasteiger partial charge in [0.25, 0.3) is 0 Å². The van der Waals surface area contributed by atoms with Crippen LogP contribution in [-0.2, 0) is 6.61 Å². The predicted molar refractivity (Wildman–Crippen MR) is 117 cm³/mol. The first-order valence-electron chi connectivity index (χ1n) is 9.41. The van der Waals surface area contributed by atoms with E-state index in [0.717, 1.165) is 16.8 Å². The van der Waals surface area contributed by atoms with Gasteiger partial charge in [0.1, 0.15) is 12.4 Å². The summed E-state index contributed by atoms with van der Waals surface area (Å²) in [6.45, 7) is 6.46. The number of nitrogens with zero attached hydrogens (tertiary/aromatic N) is 1. The lowest BCUT2D eigenvalue weighted by Gasteiger charge is -2.14. The summed E-state index contributed by atoms with van der Waals surface area (Å²) in [5, 5.41) is 0.384. The van der Waals surface area contributed by atoms with Crippen molar-refractivity contribution in [2.45, 2.75) is 27.4 Å². The average molecular weight is 412 g/mol. The molecular weight excluding hydrogens is 389 g/mol. The molecule has 0 aliphatic heterocycles. The maximum Gasteiger partial charge on any atom is 0.180 e. The second kappa shape index (κ2) is 9.57. The van der Waals surface area contributed by atoms with E-state index < -0.39 is 0 Å². The van der Waals surface area contributed by atoms with Gasteiger partial charge >= 0.3 is 0 Å². The summed E-state index contributed by atoms with van der Waals surface area (Å²) < 4.78 is 25.4. The Balaban J connectivity index is 1.85. The summed E-state index contributed by atoms with van der Waals surface area (Å²) >= 11 is 6.45. The van der Waals surface area contributed by atoms with E-state index in [1.807, 2.05) is 32.0 Å². The first kappa shape index (κ1) is 20.9. The molecule has 0 fully saturated rings. The van der Waals surface area contributed by atoms with Crippen molar-refractivity contribution in [2.75, 3.05) is 6.61 Å². The van der Waals surface area contributed by atoms with E-state index in [1.54, 1.807) is 30.5 Å². The molecule has 0 amide bonds. The largest absolute Gasteiger partial charge is 0.490 e. The predicted octanol–water partition coefficient (Wildman–Crippen LogP) is 6.82. The van der Waals surface area contributed by atoms with Crippen molar-refractivity contribution in [1.82, 2.24) is 0 Å². The Bertz CT molecular complexity index is 1030. The van der Waals surface area contributed by atoms with Crippen molar-refractivity contribution < 1.29 is 13.9 Å². The first-order valence-corrected chi connectivity index (χ1v) is 9.79. The highest BCUT2D eigenvalue weighted by molar-refractivity contribution is 6.32. The Morgan fingerprint density at radius 1 is 1.03 bits per heavy atom.